The number of nitrogens with one attached hydrogen (secondary N) is 1. The second kappa shape index (κ2) is 4.98. The highest BCUT2D eigenvalue weighted by Crippen LogP contribution is 2.39. The van der Waals surface area contributed by atoms with Gasteiger partial charge in [0, 0.05) is 13.1 Å². The lowest BCUT2D eigenvalue weighted by atomic mass is 9.79. The van der Waals surface area contributed by atoms with E-state index in [0.717, 1.165) is 25.5 Å². The average Bonchev–Trinajstić information content (AvgIpc) is 2.76. The van der Waals surface area contributed by atoms with Gasteiger partial charge in [-0.25, -0.2) is 4.98 Å². The summed E-state index contributed by atoms with van der Waals surface area (Å²) in [6.07, 6.45) is -2.14. The van der Waals surface area contributed by atoms with Crippen LogP contribution in [0.4, 0.5) is 19.0 Å². The van der Waals surface area contributed by atoms with E-state index in [4.69, 9.17) is 0 Å². The van der Waals surface area contributed by atoms with Gasteiger partial charge in [0.15, 0.2) is 0 Å². The van der Waals surface area contributed by atoms with E-state index in [2.05, 4.69) is 10.3 Å². The number of alkyl halides is 3. The minimum Gasteiger partial charge on any atom is -0.316 e. The van der Waals surface area contributed by atoms with Crippen LogP contribution in [0.5, 0.6) is 0 Å². The molecule has 0 saturated carbocycles. The fourth-order valence-corrected chi connectivity index (χ4v) is 3.13. The van der Waals surface area contributed by atoms with Gasteiger partial charge in [-0.05, 0) is 37.9 Å². The lowest BCUT2D eigenvalue weighted by molar-refractivity contribution is -0.141. The Hall–Kier alpha value is -1.63. The van der Waals surface area contributed by atoms with Crippen LogP contribution in [0.2, 0.25) is 0 Å². The molecule has 1 aromatic heterocycles. The van der Waals surface area contributed by atoms with Crippen LogP contribution in [0.25, 0.3) is 0 Å². The van der Waals surface area contributed by atoms with Crippen molar-refractivity contribution in [1.29, 1.82) is 0 Å². The molecule has 1 spiro atoms. The molecule has 1 N–H and O–H groups in total. The minimum atomic E-state index is -4.50. The largest absolute Gasteiger partial charge is 0.433 e. The number of halogens is 3. The summed E-state index contributed by atoms with van der Waals surface area (Å²) in [4.78, 5) is 17.6. The monoisotopic (exact) mass is 299 g/mol. The number of hydrogen-bond acceptors (Lipinski definition) is 3. The van der Waals surface area contributed by atoms with E-state index in [1.54, 1.807) is 0 Å². The van der Waals surface area contributed by atoms with Gasteiger partial charge in [0.25, 0.3) is 0 Å². The Morgan fingerprint density at radius 3 is 2.76 bits per heavy atom. The van der Waals surface area contributed by atoms with Crippen molar-refractivity contribution in [1.82, 2.24) is 10.3 Å². The average molecular weight is 299 g/mol. The smallest absolute Gasteiger partial charge is 0.316 e. The minimum absolute atomic E-state index is 0.0947. The predicted octanol–water partition coefficient (Wildman–Crippen LogP) is 2.21. The number of piperidine rings is 1. The van der Waals surface area contributed by atoms with E-state index in [9.17, 15) is 18.0 Å². The van der Waals surface area contributed by atoms with E-state index >= 15 is 0 Å². The first-order valence-corrected chi connectivity index (χ1v) is 6.99. The number of nitrogens with zero attached hydrogens (tertiary/aromatic N) is 2. The summed E-state index contributed by atoms with van der Waals surface area (Å²) < 4.78 is 38.2. The summed E-state index contributed by atoms with van der Waals surface area (Å²) in [5.41, 5.74) is -1.43. The lowest BCUT2D eigenvalue weighted by Crippen LogP contribution is -2.45. The zero-order valence-corrected chi connectivity index (χ0v) is 11.4. The van der Waals surface area contributed by atoms with Crippen molar-refractivity contribution in [3.05, 3.63) is 23.9 Å². The Kier molecular flexibility index (Phi) is 3.39. The highest BCUT2D eigenvalue weighted by atomic mass is 19.4. The molecule has 2 saturated heterocycles. The molecule has 114 valence electrons. The van der Waals surface area contributed by atoms with Crippen molar-refractivity contribution in [2.45, 2.75) is 25.4 Å². The molecule has 0 aliphatic carbocycles. The summed E-state index contributed by atoms with van der Waals surface area (Å²) >= 11 is 0. The molecular weight excluding hydrogens is 283 g/mol. The van der Waals surface area contributed by atoms with Gasteiger partial charge in [0.05, 0.1) is 5.41 Å². The number of carbonyl (C=O) groups is 1. The van der Waals surface area contributed by atoms with Crippen LogP contribution < -0.4 is 10.2 Å². The molecule has 2 aliphatic rings. The molecule has 7 heteroatoms. The van der Waals surface area contributed by atoms with Gasteiger partial charge in [0.2, 0.25) is 5.91 Å². The van der Waals surface area contributed by atoms with Crippen LogP contribution in [-0.2, 0) is 11.0 Å². The summed E-state index contributed by atoms with van der Waals surface area (Å²) in [7, 11) is 0. The van der Waals surface area contributed by atoms with Crippen LogP contribution in [0.15, 0.2) is 18.2 Å². The third-order valence-electron chi connectivity index (χ3n) is 4.29. The molecule has 1 aromatic rings. The number of anilines is 1. The Morgan fingerprint density at radius 1 is 1.29 bits per heavy atom. The molecule has 2 aliphatic heterocycles. The fourth-order valence-electron chi connectivity index (χ4n) is 3.13. The first-order chi connectivity index (χ1) is 9.92. The molecule has 1 amide bonds. The maximum absolute atomic E-state index is 12.7. The van der Waals surface area contributed by atoms with Gasteiger partial charge in [-0.3, -0.25) is 9.69 Å². The van der Waals surface area contributed by atoms with Gasteiger partial charge in [-0.2, -0.15) is 13.2 Å². The third-order valence-corrected chi connectivity index (χ3v) is 4.29. The number of rotatable bonds is 1. The summed E-state index contributed by atoms with van der Waals surface area (Å²) in [6, 6.07) is 3.67. The van der Waals surface area contributed by atoms with Crippen molar-refractivity contribution in [2.75, 3.05) is 24.5 Å². The van der Waals surface area contributed by atoms with Crippen molar-refractivity contribution < 1.29 is 18.0 Å². The van der Waals surface area contributed by atoms with Gasteiger partial charge in [0.1, 0.15) is 11.5 Å². The van der Waals surface area contributed by atoms with Crippen LogP contribution in [0.1, 0.15) is 25.0 Å². The van der Waals surface area contributed by atoms with E-state index in [0.29, 0.717) is 19.5 Å². The lowest BCUT2D eigenvalue weighted by Gasteiger charge is -2.32. The molecular formula is C14H16F3N3O. The third kappa shape index (κ3) is 2.50. The van der Waals surface area contributed by atoms with E-state index in [1.165, 1.54) is 17.0 Å². The standard InChI is InChI=1S/C14H16F3N3O/c15-14(16,17)10-3-1-4-11(19-10)20-8-6-13(12(20)21)5-2-7-18-9-13/h1,3-4,18H,2,5-9H2. The second-order valence-corrected chi connectivity index (χ2v) is 5.65. The molecule has 3 rings (SSSR count). The first-order valence-electron chi connectivity index (χ1n) is 6.99. The topological polar surface area (TPSA) is 45.2 Å². The molecule has 1 unspecified atom stereocenters. The second-order valence-electron chi connectivity index (χ2n) is 5.65. The van der Waals surface area contributed by atoms with Gasteiger partial charge in [-0.1, -0.05) is 6.07 Å². The molecule has 3 heterocycles. The number of amides is 1. The Labute approximate surface area is 120 Å². The molecule has 0 radical (unpaired) electrons. The van der Waals surface area contributed by atoms with E-state index in [1.807, 2.05) is 0 Å². The van der Waals surface area contributed by atoms with Crippen molar-refractivity contribution >= 4 is 11.7 Å². The van der Waals surface area contributed by atoms with Crippen molar-refractivity contribution in [3.63, 3.8) is 0 Å². The summed E-state index contributed by atoms with van der Waals surface area (Å²) in [5.74, 6) is -0.0150. The van der Waals surface area contributed by atoms with Gasteiger partial charge in [-0.15, -0.1) is 0 Å². The van der Waals surface area contributed by atoms with Crippen molar-refractivity contribution in [3.8, 4) is 0 Å². The Balaban J connectivity index is 1.87. The number of pyridine rings is 1. The first kappa shape index (κ1) is 14.3. The van der Waals surface area contributed by atoms with E-state index < -0.39 is 17.3 Å². The molecule has 4 nitrogen and oxygen atoms in total. The SMILES string of the molecule is O=C1N(c2cccc(C(F)(F)F)n2)CCC12CCCNC2. The Bertz CT molecular complexity index is 553. The molecule has 2 fully saturated rings. The molecule has 0 bridgehead atoms. The predicted molar refractivity (Wildman–Crippen MR) is 70.7 cm³/mol. The molecule has 21 heavy (non-hydrogen) atoms. The maximum Gasteiger partial charge on any atom is 0.433 e. The summed E-state index contributed by atoms with van der Waals surface area (Å²) in [5, 5.41) is 3.21. The fraction of sp³-hybridized carbons (Fsp3) is 0.571. The normalized spacial score (nSPS) is 26.6. The summed E-state index contributed by atoms with van der Waals surface area (Å²) in [6.45, 7) is 1.91. The van der Waals surface area contributed by atoms with Gasteiger partial charge >= 0.3 is 6.18 Å². The van der Waals surface area contributed by atoms with Crippen LogP contribution in [0, 0.1) is 5.41 Å². The highest BCUT2D eigenvalue weighted by molar-refractivity contribution is 5.99. The van der Waals surface area contributed by atoms with Crippen LogP contribution in [-0.4, -0.2) is 30.5 Å². The van der Waals surface area contributed by atoms with Crippen LogP contribution in [0.3, 0.4) is 0 Å². The zero-order valence-electron chi connectivity index (χ0n) is 11.4. The maximum atomic E-state index is 12.7. The van der Waals surface area contributed by atoms with Crippen molar-refractivity contribution in [2.24, 2.45) is 5.41 Å². The zero-order chi connectivity index (χ0) is 15.1. The number of hydrogen-bond donors (Lipinski definition) is 1. The highest BCUT2D eigenvalue weighted by Gasteiger charge is 2.48. The Morgan fingerprint density at radius 2 is 2.10 bits per heavy atom. The van der Waals surface area contributed by atoms with Crippen LogP contribution >= 0.6 is 0 Å². The molecule has 0 aromatic carbocycles. The quantitative estimate of drug-likeness (QED) is 0.865. The number of carbonyl (C=O) groups excluding carboxylic acids is 1. The van der Waals surface area contributed by atoms with Gasteiger partial charge < -0.3 is 5.32 Å². The number of aromatic nitrogens is 1. The molecule has 1 atom stereocenters. The van der Waals surface area contributed by atoms with E-state index in [-0.39, 0.29) is 11.7 Å².